The summed E-state index contributed by atoms with van der Waals surface area (Å²) in [5.41, 5.74) is -3.82. The van der Waals surface area contributed by atoms with Gasteiger partial charge >= 0.3 is 12.2 Å². The molecule has 8 nitrogen and oxygen atoms in total. The summed E-state index contributed by atoms with van der Waals surface area (Å²) in [5.74, 6) is -2.56. The molecule has 2 amide bonds. The summed E-state index contributed by atoms with van der Waals surface area (Å²) in [4.78, 5) is 28.8. The van der Waals surface area contributed by atoms with Gasteiger partial charge in [0.1, 0.15) is 5.92 Å². The Morgan fingerprint density at radius 3 is 2.69 bits per heavy atom. The Hall–Kier alpha value is -3.34. The highest BCUT2D eigenvalue weighted by molar-refractivity contribution is 6.00. The molecule has 3 heterocycles. The van der Waals surface area contributed by atoms with E-state index in [4.69, 9.17) is 9.47 Å². The number of aliphatic hydroxyl groups is 1. The first-order chi connectivity index (χ1) is 13.7. The number of nitrogens with zero attached hydrogens (tertiary/aromatic N) is 1. The number of aromatic nitrogens is 1. The number of urea groups is 1. The van der Waals surface area contributed by atoms with E-state index < -0.39 is 35.7 Å². The van der Waals surface area contributed by atoms with E-state index in [1.54, 1.807) is 0 Å². The molecule has 11 heteroatoms. The number of hydrogen-bond acceptors (Lipinski definition) is 6. The molecule has 0 bridgehead atoms. The van der Waals surface area contributed by atoms with Crippen molar-refractivity contribution in [1.82, 2.24) is 15.6 Å². The van der Waals surface area contributed by atoms with Crippen LogP contribution in [-0.2, 0) is 0 Å². The second-order valence-corrected chi connectivity index (χ2v) is 6.54. The van der Waals surface area contributed by atoms with Crippen LogP contribution in [0.15, 0.2) is 42.7 Å². The third kappa shape index (κ3) is 3.12. The molecule has 0 radical (unpaired) electrons. The van der Waals surface area contributed by atoms with Crippen molar-refractivity contribution in [3.05, 3.63) is 53.9 Å². The van der Waals surface area contributed by atoms with Crippen LogP contribution in [0.4, 0.5) is 18.0 Å². The van der Waals surface area contributed by atoms with Gasteiger partial charge in [-0.15, -0.1) is 0 Å². The SMILES string of the molecule is O=C1N[C@@H](c2ccc3c(c2)OCO3)[C@@H](C(=O)c2cccnc2)[C@@](O)(C(F)(F)F)N1. The highest BCUT2D eigenvalue weighted by Crippen LogP contribution is 2.45. The Morgan fingerprint density at radius 2 is 2.00 bits per heavy atom. The minimum Gasteiger partial charge on any atom is -0.454 e. The Bertz CT molecular complexity index is 969. The van der Waals surface area contributed by atoms with Gasteiger partial charge < -0.3 is 25.2 Å². The number of ether oxygens (including phenoxy) is 2. The molecular formula is C18H14F3N3O5. The van der Waals surface area contributed by atoms with Crippen LogP contribution < -0.4 is 20.1 Å². The monoisotopic (exact) mass is 409 g/mol. The van der Waals surface area contributed by atoms with Crippen molar-refractivity contribution in [2.45, 2.75) is 17.9 Å². The van der Waals surface area contributed by atoms with Crippen LogP contribution in [0.5, 0.6) is 11.5 Å². The second kappa shape index (κ2) is 6.62. The van der Waals surface area contributed by atoms with Gasteiger partial charge in [0.05, 0.1) is 6.04 Å². The predicted molar refractivity (Wildman–Crippen MR) is 90.0 cm³/mol. The summed E-state index contributed by atoms with van der Waals surface area (Å²) in [6, 6.07) is 4.08. The maximum atomic E-state index is 13.8. The number of carbonyl (C=O) groups excluding carboxylic acids is 2. The normalized spacial score (nSPS) is 25.9. The molecule has 2 aliphatic rings. The molecule has 29 heavy (non-hydrogen) atoms. The zero-order valence-electron chi connectivity index (χ0n) is 14.6. The van der Waals surface area contributed by atoms with Crippen molar-refractivity contribution in [2.24, 2.45) is 5.92 Å². The zero-order valence-corrected chi connectivity index (χ0v) is 14.6. The molecule has 1 fully saturated rings. The van der Waals surface area contributed by atoms with Gasteiger partial charge in [0.25, 0.3) is 0 Å². The number of Topliss-reactive ketones (excluding diaryl/α,β-unsaturated/α-hetero) is 1. The van der Waals surface area contributed by atoms with Crippen LogP contribution in [0.1, 0.15) is 22.0 Å². The van der Waals surface area contributed by atoms with Gasteiger partial charge in [-0.1, -0.05) is 6.07 Å². The van der Waals surface area contributed by atoms with Gasteiger partial charge in [-0.05, 0) is 29.8 Å². The van der Waals surface area contributed by atoms with E-state index in [0.717, 1.165) is 6.20 Å². The second-order valence-electron chi connectivity index (χ2n) is 6.54. The highest BCUT2D eigenvalue weighted by Gasteiger charge is 2.66. The van der Waals surface area contributed by atoms with E-state index in [2.05, 4.69) is 10.3 Å². The summed E-state index contributed by atoms with van der Waals surface area (Å²) in [5, 5.41) is 14.3. The first-order valence-corrected chi connectivity index (χ1v) is 8.42. The van der Waals surface area contributed by atoms with Crippen molar-refractivity contribution in [1.29, 1.82) is 0 Å². The lowest BCUT2D eigenvalue weighted by Crippen LogP contribution is -2.72. The number of ketones is 1. The molecule has 0 spiro atoms. The smallest absolute Gasteiger partial charge is 0.437 e. The predicted octanol–water partition coefficient (Wildman–Crippen LogP) is 1.91. The Morgan fingerprint density at radius 1 is 1.24 bits per heavy atom. The van der Waals surface area contributed by atoms with Gasteiger partial charge in [-0.2, -0.15) is 13.2 Å². The average molecular weight is 409 g/mol. The van der Waals surface area contributed by atoms with Crippen LogP contribution in [0, 0.1) is 5.92 Å². The van der Waals surface area contributed by atoms with Gasteiger partial charge in [0, 0.05) is 18.0 Å². The Kier molecular flexibility index (Phi) is 4.34. The van der Waals surface area contributed by atoms with E-state index in [1.807, 2.05) is 0 Å². The molecule has 2 aromatic rings. The largest absolute Gasteiger partial charge is 0.454 e. The van der Waals surface area contributed by atoms with E-state index in [1.165, 1.54) is 41.8 Å². The number of amides is 2. The zero-order chi connectivity index (χ0) is 20.8. The van der Waals surface area contributed by atoms with Crippen LogP contribution in [0.25, 0.3) is 0 Å². The van der Waals surface area contributed by atoms with Crippen LogP contribution in [0.3, 0.4) is 0 Å². The van der Waals surface area contributed by atoms with Gasteiger partial charge in [0.2, 0.25) is 12.5 Å². The molecule has 0 unspecified atom stereocenters. The van der Waals surface area contributed by atoms with E-state index in [0.29, 0.717) is 5.75 Å². The van der Waals surface area contributed by atoms with Gasteiger partial charge in [0.15, 0.2) is 17.3 Å². The summed E-state index contributed by atoms with van der Waals surface area (Å²) < 4.78 is 51.9. The molecule has 4 rings (SSSR count). The quantitative estimate of drug-likeness (QED) is 0.669. The summed E-state index contributed by atoms with van der Waals surface area (Å²) in [6.07, 6.45) is -2.89. The van der Waals surface area contributed by atoms with Gasteiger partial charge in [-0.3, -0.25) is 9.78 Å². The fourth-order valence-electron chi connectivity index (χ4n) is 3.41. The fourth-order valence-corrected chi connectivity index (χ4v) is 3.41. The minimum atomic E-state index is -5.33. The standard InChI is InChI=1S/C18H14F3N3O5/c19-18(20,21)17(27)13(15(25)10-2-1-5-22-7-10)14(23-16(26)24-17)9-3-4-11-12(6-9)29-8-28-11/h1-7,13-14,27H,8H2,(H2,23,24,26)/t13-,14-,17+/m0/s1. The molecule has 3 atom stereocenters. The molecule has 0 saturated carbocycles. The van der Waals surface area contributed by atoms with E-state index in [9.17, 15) is 27.9 Å². The molecule has 1 saturated heterocycles. The van der Waals surface area contributed by atoms with Gasteiger partial charge in [-0.25, -0.2) is 4.79 Å². The number of fused-ring (bicyclic) bond motifs is 1. The molecular weight excluding hydrogens is 395 g/mol. The van der Waals surface area contributed by atoms with Crippen molar-refractivity contribution >= 4 is 11.8 Å². The van der Waals surface area contributed by atoms with Crippen molar-refractivity contribution in [3.8, 4) is 11.5 Å². The lowest BCUT2D eigenvalue weighted by molar-refractivity contribution is -0.287. The highest BCUT2D eigenvalue weighted by atomic mass is 19.4. The van der Waals surface area contributed by atoms with E-state index >= 15 is 0 Å². The lowest BCUT2D eigenvalue weighted by atomic mass is 9.77. The number of alkyl halides is 3. The fraction of sp³-hybridized carbons (Fsp3) is 0.278. The number of carbonyl (C=O) groups is 2. The molecule has 1 aromatic carbocycles. The molecule has 0 aliphatic carbocycles. The summed E-state index contributed by atoms with van der Waals surface area (Å²) in [6.45, 7) is -0.0676. The molecule has 1 aromatic heterocycles. The first kappa shape index (κ1) is 19.0. The van der Waals surface area contributed by atoms with Crippen molar-refractivity contribution in [3.63, 3.8) is 0 Å². The summed E-state index contributed by atoms with van der Waals surface area (Å²) in [7, 11) is 0. The third-order valence-electron chi connectivity index (χ3n) is 4.79. The lowest BCUT2D eigenvalue weighted by Gasteiger charge is -2.45. The number of halogens is 3. The number of nitrogens with one attached hydrogen (secondary N) is 2. The average Bonchev–Trinajstić information content (AvgIpc) is 3.14. The van der Waals surface area contributed by atoms with Crippen LogP contribution in [0.2, 0.25) is 0 Å². The third-order valence-corrected chi connectivity index (χ3v) is 4.79. The molecule has 3 N–H and O–H groups in total. The Balaban J connectivity index is 1.84. The maximum absolute atomic E-state index is 13.8. The summed E-state index contributed by atoms with van der Waals surface area (Å²) >= 11 is 0. The maximum Gasteiger partial charge on any atom is 0.437 e. The number of benzene rings is 1. The molecule has 152 valence electrons. The number of hydrogen-bond donors (Lipinski definition) is 3. The topological polar surface area (TPSA) is 110 Å². The van der Waals surface area contributed by atoms with Crippen LogP contribution >= 0.6 is 0 Å². The van der Waals surface area contributed by atoms with Crippen molar-refractivity contribution in [2.75, 3.05) is 6.79 Å². The number of rotatable bonds is 3. The molecule has 2 aliphatic heterocycles. The van der Waals surface area contributed by atoms with Crippen LogP contribution in [-0.4, -0.2) is 40.6 Å². The Labute approximate surface area is 161 Å². The minimum absolute atomic E-state index is 0.0676. The van der Waals surface area contributed by atoms with E-state index in [-0.39, 0.29) is 23.7 Å². The number of pyridine rings is 1. The van der Waals surface area contributed by atoms with Crippen molar-refractivity contribution < 1.29 is 37.3 Å². The first-order valence-electron chi connectivity index (χ1n) is 8.42.